The summed E-state index contributed by atoms with van der Waals surface area (Å²) in [6.07, 6.45) is 1.52. The van der Waals surface area contributed by atoms with Crippen LogP contribution in [0.2, 0.25) is 0 Å². The fraction of sp³-hybridized carbons (Fsp3) is 0.250. The lowest BCUT2D eigenvalue weighted by atomic mass is 10.4. The van der Waals surface area contributed by atoms with Crippen molar-refractivity contribution in [1.29, 1.82) is 0 Å². The Morgan fingerprint density at radius 1 is 1.71 bits per heavy atom. The third-order valence-corrected chi connectivity index (χ3v) is 2.16. The van der Waals surface area contributed by atoms with Crippen molar-refractivity contribution in [1.82, 2.24) is 10.3 Å². The van der Waals surface area contributed by atoms with Gasteiger partial charge in [0.15, 0.2) is 0 Å². The highest BCUT2D eigenvalue weighted by Crippen LogP contribution is 2.21. The zero-order chi connectivity index (χ0) is 10.6. The molecule has 0 radical (unpaired) electrons. The Bertz CT molecular complexity index is 342. The molecule has 0 aliphatic rings. The molecule has 1 rings (SSSR count). The number of hydrogen-bond acceptors (Lipinski definition) is 4. The lowest BCUT2D eigenvalue weighted by Gasteiger charge is -2.06. The van der Waals surface area contributed by atoms with Crippen LogP contribution >= 0.6 is 15.9 Å². The highest BCUT2D eigenvalue weighted by molar-refractivity contribution is 9.10. The molecule has 76 valence electrons. The van der Waals surface area contributed by atoms with E-state index in [4.69, 9.17) is 5.73 Å². The number of nitrogens with two attached hydrogens (primary N) is 1. The number of amides is 1. The second kappa shape index (κ2) is 4.80. The van der Waals surface area contributed by atoms with Gasteiger partial charge in [-0.1, -0.05) is 0 Å². The molecular formula is C8H11BrN4O. The Labute approximate surface area is 90.2 Å². The SMILES string of the molecule is CNC(=O)CNc1ncc(N)cc1Br. The number of carbonyl (C=O) groups is 1. The summed E-state index contributed by atoms with van der Waals surface area (Å²) in [6.45, 7) is 0.187. The van der Waals surface area contributed by atoms with Crippen LogP contribution in [-0.2, 0) is 4.79 Å². The van der Waals surface area contributed by atoms with Crippen molar-refractivity contribution in [3.05, 3.63) is 16.7 Å². The van der Waals surface area contributed by atoms with E-state index in [1.807, 2.05) is 0 Å². The highest BCUT2D eigenvalue weighted by atomic mass is 79.9. The Morgan fingerprint density at radius 2 is 2.43 bits per heavy atom. The van der Waals surface area contributed by atoms with Gasteiger partial charge in [0.05, 0.1) is 22.9 Å². The van der Waals surface area contributed by atoms with Crippen LogP contribution in [0.3, 0.4) is 0 Å². The monoisotopic (exact) mass is 258 g/mol. The van der Waals surface area contributed by atoms with Crippen molar-refractivity contribution in [3.8, 4) is 0 Å². The first-order valence-electron chi connectivity index (χ1n) is 3.99. The van der Waals surface area contributed by atoms with Crippen molar-refractivity contribution in [3.63, 3.8) is 0 Å². The number of hydrogen-bond donors (Lipinski definition) is 3. The maximum Gasteiger partial charge on any atom is 0.239 e. The summed E-state index contributed by atoms with van der Waals surface area (Å²) in [5.74, 6) is 0.498. The first kappa shape index (κ1) is 10.8. The number of nitrogens with zero attached hydrogens (tertiary/aromatic N) is 1. The lowest BCUT2D eigenvalue weighted by molar-refractivity contribution is -0.118. The average molecular weight is 259 g/mol. The molecule has 14 heavy (non-hydrogen) atoms. The molecule has 0 saturated carbocycles. The maximum absolute atomic E-state index is 10.9. The van der Waals surface area contributed by atoms with Crippen molar-refractivity contribution < 1.29 is 4.79 Å². The Kier molecular flexibility index (Phi) is 3.70. The van der Waals surface area contributed by atoms with E-state index in [2.05, 4.69) is 31.5 Å². The van der Waals surface area contributed by atoms with Gasteiger partial charge in [0, 0.05) is 7.05 Å². The van der Waals surface area contributed by atoms with Gasteiger partial charge >= 0.3 is 0 Å². The average Bonchev–Trinajstić information content (AvgIpc) is 2.16. The summed E-state index contributed by atoms with van der Waals surface area (Å²) in [5, 5.41) is 5.36. The number of anilines is 2. The van der Waals surface area contributed by atoms with E-state index < -0.39 is 0 Å². The van der Waals surface area contributed by atoms with Crippen LogP contribution in [0, 0.1) is 0 Å². The van der Waals surface area contributed by atoms with Gasteiger partial charge in [-0.25, -0.2) is 4.98 Å². The molecule has 0 fully saturated rings. The zero-order valence-electron chi connectivity index (χ0n) is 7.67. The minimum Gasteiger partial charge on any atom is -0.397 e. The minimum atomic E-state index is -0.101. The largest absolute Gasteiger partial charge is 0.397 e. The zero-order valence-corrected chi connectivity index (χ0v) is 9.26. The van der Waals surface area contributed by atoms with E-state index in [0.717, 1.165) is 4.47 Å². The van der Waals surface area contributed by atoms with Crippen LogP contribution in [0.4, 0.5) is 11.5 Å². The number of rotatable bonds is 3. The Morgan fingerprint density at radius 3 is 3.00 bits per heavy atom. The fourth-order valence-electron chi connectivity index (χ4n) is 0.835. The van der Waals surface area contributed by atoms with Gasteiger partial charge in [-0.05, 0) is 22.0 Å². The van der Waals surface area contributed by atoms with Crippen molar-refractivity contribution >= 4 is 33.3 Å². The van der Waals surface area contributed by atoms with E-state index in [1.165, 1.54) is 6.20 Å². The van der Waals surface area contributed by atoms with Gasteiger partial charge < -0.3 is 16.4 Å². The summed E-state index contributed by atoms with van der Waals surface area (Å²) in [4.78, 5) is 14.9. The smallest absolute Gasteiger partial charge is 0.239 e. The van der Waals surface area contributed by atoms with E-state index in [-0.39, 0.29) is 12.5 Å². The molecule has 0 unspecified atom stereocenters. The molecule has 0 aromatic carbocycles. The minimum absolute atomic E-state index is 0.101. The molecule has 0 aliphatic carbocycles. The number of carbonyl (C=O) groups excluding carboxylic acids is 1. The van der Waals surface area contributed by atoms with Crippen LogP contribution in [0.25, 0.3) is 0 Å². The van der Waals surface area contributed by atoms with Gasteiger partial charge in [0.1, 0.15) is 5.82 Å². The van der Waals surface area contributed by atoms with E-state index in [9.17, 15) is 4.79 Å². The van der Waals surface area contributed by atoms with Crippen LogP contribution in [-0.4, -0.2) is 24.5 Å². The molecule has 1 heterocycles. The molecule has 0 spiro atoms. The maximum atomic E-state index is 10.9. The number of halogens is 1. The Balaban J connectivity index is 2.63. The predicted molar refractivity (Wildman–Crippen MR) is 58.9 cm³/mol. The molecule has 1 amide bonds. The van der Waals surface area contributed by atoms with Crippen molar-refractivity contribution in [2.24, 2.45) is 0 Å². The molecule has 0 aliphatic heterocycles. The van der Waals surface area contributed by atoms with Crippen LogP contribution in [0.1, 0.15) is 0 Å². The predicted octanol–water partition coefficient (Wildman–Crippen LogP) is 0.584. The molecule has 5 nitrogen and oxygen atoms in total. The summed E-state index contributed by atoms with van der Waals surface area (Å²) in [7, 11) is 1.58. The van der Waals surface area contributed by atoms with E-state index in [0.29, 0.717) is 11.5 Å². The molecular weight excluding hydrogens is 248 g/mol. The van der Waals surface area contributed by atoms with E-state index >= 15 is 0 Å². The first-order valence-corrected chi connectivity index (χ1v) is 4.78. The van der Waals surface area contributed by atoms with Crippen molar-refractivity contribution in [2.75, 3.05) is 24.6 Å². The quantitative estimate of drug-likeness (QED) is 0.742. The summed E-state index contributed by atoms with van der Waals surface area (Å²) < 4.78 is 0.737. The molecule has 0 saturated heterocycles. The van der Waals surface area contributed by atoms with Crippen molar-refractivity contribution in [2.45, 2.75) is 0 Å². The van der Waals surface area contributed by atoms with Crippen LogP contribution in [0.5, 0.6) is 0 Å². The van der Waals surface area contributed by atoms with E-state index in [1.54, 1.807) is 13.1 Å². The first-order chi connectivity index (χ1) is 6.63. The van der Waals surface area contributed by atoms with Crippen LogP contribution in [0.15, 0.2) is 16.7 Å². The molecule has 0 bridgehead atoms. The number of aromatic nitrogens is 1. The molecule has 1 aromatic rings. The second-order valence-corrected chi connectivity index (χ2v) is 3.48. The molecule has 6 heteroatoms. The number of nitrogens with one attached hydrogen (secondary N) is 2. The lowest BCUT2D eigenvalue weighted by Crippen LogP contribution is -2.26. The number of likely N-dealkylation sites (N-methyl/N-ethyl adjacent to an activating group) is 1. The third-order valence-electron chi connectivity index (χ3n) is 1.56. The fourth-order valence-corrected chi connectivity index (χ4v) is 1.34. The summed E-state index contributed by atoms with van der Waals surface area (Å²) in [5.41, 5.74) is 6.08. The van der Waals surface area contributed by atoms with Gasteiger partial charge in [0.25, 0.3) is 0 Å². The highest BCUT2D eigenvalue weighted by Gasteiger charge is 2.03. The topological polar surface area (TPSA) is 80.0 Å². The Hall–Kier alpha value is -1.30. The third kappa shape index (κ3) is 2.88. The number of nitrogen functional groups attached to an aromatic ring is 1. The van der Waals surface area contributed by atoms with Gasteiger partial charge in [-0.2, -0.15) is 0 Å². The number of pyridine rings is 1. The summed E-state index contributed by atoms with van der Waals surface area (Å²) >= 11 is 3.28. The molecule has 1 aromatic heterocycles. The molecule has 4 N–H and O–H groups in total. The van der Waals surface area contributed by atoms with Crippen LogP contribution < -0.4 is 16.4 Å². The van der Waals surface area contributed by atoms with Gasteiger partial charge in [-0.3, -0.25) is 4.79 Å². The normalized spacial score (nSPS) is 9.57. The molecule has 0 atom stereocenters. The summed E-state index contributed by atoms with van der Waals surface area (Å²) in [6, 6.07) is 1.72. The van der Waals surface area contributed by atoms with Gasteiger partial charge in [0.2, 0.25) is 5.91 Å². The standard InChI is InChI=1S/C8H11BrN4O/c1-11-7(14)4-13-8-6(9)2-5(10)3-12-8/h2-3H,4,10H2,1H3,(H,11,14)(H,12,13). The van der Waals surface area contributed by atoms with Gasteiger partial charge in [-0.15, -0.1) is 0 Å². The second-order valence-electron chi connectivity index (χ2n) is 2.63.